The molecule has 0 aliphatic carbocycles. The van der Waals surface area contributed by atoms with Gasteiger partial charge in [0.2, 0.25) is 0 Å². The molecular weight excluding hydrogens is 138 g/mol. The molecule has 60 valence electrons. The number of Topliss-reactive ketones (excluding diaryl/α,β-unsaturated/α-hetero) is 1. The highest BCUT2D eigenvalue weighted by Gasteiger charge is 2.03. The highest BCUT2D eigenvalue weighted by molar-refractivity contribution is 5.94. The number of aryl methyl sites for hydroxylation is 1. The lowest BCUT2D eigenvalue weighted by atomic mass is 10.2. The van der Waals surface area contributed by atoms with Gasteiger partial charge in [-0.25, -0.2) is 0 Å². The Morgan fingerprint density at radius 1 is 1.45 bits per heavy atom. The van der Waals surface area contributed by atoms with Crippen molar-refractivity contribution in [2.45, 2.75) is 26.7 Å². The van der Waals surface area contributed by atoms with Crippen molar-refractivity contribution in [2.24, 2.45) is 0 Å². The molecule has 0 unspecified atom stereocenters. The molecule has 1 aromatic rings. The molecule has 1 N–H and O–H groups in total. The fourth-order valence-corrected chi connectivity index (χ4v) is 1.000. The van der Waals surface area contributed by atoms with Gasteiger partial charge in [-0.05, 0) is 18.6 Å². The first-order valence-electron chi connectivity index (χ1n) is 3.99. The average molecular weight is 151 g/mol. The minimum atomic E-state index is 0.185. The Hall–Kier alpha value is -1.05. The van der Waals surface area contributed by atoms with Crippen LogP contribution in [0.4, 0.5) is 0 Å². The lowest BCUT2D eigenvalue weighted by Gasteiger charge is -1.91. The Bertz CT molecular complexity index is 250. The van der Waals surface area contributed by atoms with E-state index >= 15 is 0 Å². The Balaban J connectivity index is 2.80. The smallest absolute Gasteiger partial charge is 0.178 e. The zero-order valence-corrected chi connectivity index (χ0v) is 6.98. The molecule has 0 bridgehead atoms. The fourth-order valence-electron chi connectivity index (χ4n) is 1.000. The van der Waals surface area contributed by atoms with Crippen molar-refractivity contribution < 1.29 is 4.79 Å². The van der Waals surface area contributed by atoms with Gasteiger partial charge in [0.15, 0.2) is 5.78 Å². The van der Waals surface area contributed by atoms with Crippen molar-refractivity contribution in [3.63, 3.8) is 0 Å². The van der Waals surface area contributed by atoms with Crippen molar-refractivity contribution in [1.29, 1.82) is 0 Å². The van der Waals surface area contributed by atoms with Gasteiger partial charge < -0.3 is 4.98 Å². The molecule has 0 fully saturated rings. The lowest BCUT2D eigenvalue weighted by molar-refractivity contribution is 0.0984. The summed E-state index contributed by atoms with van der Waals surface area (Å²) in [6.45, 7) is 3.93. The molecule has 11 heavy (non-hydrogen) atoms. The minimum Gasteiger partial charge on any atom is -0.356 e. The van der Waals surface area contributed by atoms with E-state index in [9.17, 15) is 4.79 Å². The van der Waals surface area contributed by atoms with Crippen LogP contribution in [-0.2, 0) is 6.42 Å². The van der Waals surface area contributed by atoms with E-state index in [1.807, 2.05) is 19.1 Å². The number of aromatic nitrogens is 1. The van der Waals surface area contributed by atoms with Gasteiger partial charge in [0.05, 0.1) is 5.69 Å². The van der Waals surface area contributed by atoms with Crippen molar-refractivity contribution in [3.8, 4) is 0 Å². The van der Waals surface area contributed by atoms with Crippen LogP contribution in [0.2, 0.25) is 0 Å². The van der Waals surface area contributed by atoms with E-state index in [0.717, 1.165) is 17.8 Å². The molecule has 1 heterocycles. The maximum absolute atomic E-state index is 11.1. The number of H-pyrrole nitrogens is 1. The number of aromatic amines is 1. The molecule has 0 aliphatic heterocycles. The SMILES string of the molecule is CCC(=O)c1ccc(CC)[nH]1. The third-order valence-corrected chi connectivity index (χ3v) is 1.75. The maximum Gasteiger partial charge on any atom is 0.178 e. The number of hydrogen-bond donors (Lipinski definition) is 1. The summed E-state index contributed by atoms with van der Waals surface area (Å²) in [5.74, 6) is 0.185. The van der Waals surface area contributed by atoms with Crippen LogP contribution < -0.4 is 0 Å². The largest absolute Gasteiger partial charge is 0.356 e. The molecule has 0 amide bonds. The Morgan fingerprint density at radius 2 is 2.18 bits per heavy atom. The fraction of sp³-hybridized carbons (Fsp3) is 0.444. The van der Waals surface area contributed by atoms with Gasteiger partial charge in [0.1, 0.15) is 0 Å². The van der Waals surface area contributed by atoms with E-state index in [-0.39, 0.29) is 5.78 Å². The van der Waals surface area contributed by atoms with E-state index in [0.29, 0.717) is 6.42 Å². The number of hydrogen-bond acceptors (Lipinski definition) is 1. The normalized spacial score (nSPS) is 10.0. The summed E-state index contributed by atoms with van der Waals surface area (Å²) in [5.41, 5.74) is 1.87. The third-order valence-electron chi connectivity index (χ3n) is 1.75. The molecule has 0 aliphatic rings. The predicted molar refractivity (Wildman–Crippen MR) is 44.8 cm³/mol. The summed E-state index contributed by atoms with van der Waals surface area (Å²) in [7, 11) is 0. The van der Waals surface area contributed by atoms with E-state index in [2.05, 4.69) is 11.9 Å². The molecule has 0 saturated heterocycles. The molecule has 2 heteroatoms. The molecular formula is C9H13NO. The number of carbonyl (C=O) groups is 1. The van der Waals surface area contributed by atoms with Crippen LogP contribution in [0.15, 0.2) is 12.1 Å². The third kappa shape index (κ3) is 1.70. The quantitative estimate of drug-likeness (QED) is 0.660. The summed E-state index contributed by atoms with van der Waals surface area (Å²) in [4.78, 5) is 14.2. The zero-order valence-electron chi connectivity index (χ0n) is 6.98. The molecule has 1 rings (SSSR count). The summed E-state index contributed by atoms with van der Waals surface area (Å²) in [6, 6.07) is 3.81. The van der Waals surface area contributed by atoms with E-state index in [4.69, 9.17) is 0 Å². The number of carbonyl (C=O) groups excluding carboxylic acids is 1. The zero-order chi connectivity index (χ0) is 8.27. The monoisotopic (exact) mass is 151 g/mol. The van der Waals surface area contributed by atoms with Gasteiger partial charge in [-0.2, -0.15) is 0 Å². The van der Waals surface area contributed by atoms with E-state index < -0.39 is 0 Å². The van der Waals surface area contributed by atoms with E-state index in [1.165, 1.54) is 0 Å². The summed E-state index contributed by atoms with van der Waals surface area (Å²) < 4.78 is 0. The van der Waals surface area contributed by atoms with Crippen molar-refractivity contribution in [2.75, 3.05) is 0 Å². The van der Waals surface area contributed by atoms with Crippen LogP contribution in [-0.4, -0.2) is 10.8 Å². The van der Waals surface area contributed by atoms with Gasteiger partial charge in [0, 0.05) is 12.1 Å². The average Bonchev–Trinajstić information content (AvgIpc) is 2.50. The molecule has 1 aromatic heterocycles. The van der Waals surface area contributed by atoms with Crippen LogP contribution in [0.5, 0.6) is 0 Å². The molecule has 0 atom stereocenters. The van der Waals surface area contributed by atoms with Gasteiger partial charge >= 0.3 is 0 Å². The summed E-state index contributed by atoms with van der Waals surface area (Å²) >= 11 is 0. The number of ketones is 1. The van der Waals surface area contributed by atoms with Crippen LogP contribution in [0, 0.1) is 0 Å². The second-order valence-corrected chi connectivity index (χ2v) is 2.53. The first kappa shape index (κ1) is 8.05. The number of rotatable bonds is 3. The molecule has 0 saturated carbocycles. The Morgan fingerprint density at radius 3 is 2.64 bits per heavy atom. The Labute approximate surface area is 66.6 Å². The second kappa shape index (κ2) is 3.37. The first-order valence-corrected chi connectivity index (χ1v) is 3.99. The van der Waals surface area contributed by atoms with Crippen molar-refractivity contribution in [1.82, 2.24) is 4.98 Å². The second-order valence-electron chi connectivity index (χ2n) is 2.53. The van der Waals surface area contributed by atoms with Gasteiger partial charge in [-0.3, -0.25) is 4.79 Å². The van der Waals surface area contributed by atoms with Gasteiger partial charge in [-0.1, -0.05) is 13.8 Å². The maximum atomic E-state index is 11.1. The molecule has 0 spiro atoms. The topological polar surface area (TPSA) is 32.9 Å². The van der Waals surface area contributed by atoms with Crippen LogP contribution >= 0.6 is 0 Å². The van der Waals surface area contributed by atoms with E-state index in [1.54, 1.807) is 0 Å². The highest BCUT2D eigenvalue weighted by Crippen LogP contribution is 2.04. The number of nitrogens with one attached hydrogen (secondary N) is 1. The Kier molecular flexibility index (Phi) is 2.47. The first-order chi connectivity index (χ1) is 5.27. The van der Waals surface area contributed by atoms with Gasteiger partial charge in [-0.15, -0.1) is 0 Å². The summed E-state index contributed by atoms with van der Waals surface area (Å²) in [6.07, 6.45) is 1.53. The molecule has 0 aromatic carbocycles. The summed E-state index contributed by atoms with van der Waals surface area (Å²) in [5, 5.41) is 0. The lowest BCUT2D eigenvalue weighted by Crippen LogP contribution is -1.96. The van der Waals surface area contributed by atoms with Gasteiger partial charge in [0.25, 0.3) is 0 Å². The van der Waals surface area contributed by atoms with Crippen molar-refractivity contribution >= 4 is 5.78 Å². The van der Waals surface area contributed by atoms with Crippen LogP contribution in [0.25, 0.3) is 0 Å². The minimum absolute atomic E-state index is 0.185. The van der Waals surface area contributed by atoms with Crippen molar-refractivity contribution in [3.05, 3.63) is 23.5 Å². The standard InChI is InChI=1S/C9H13NO/c1-3-7-5-6-8(10-7)9(11)4-2/h5-6,10H,3-4H2,1-2H3. The highest BCUT2D eigenvalue weighted by atomic mass is 16.1. The van der Waals surface area contributed by atoms with Crippen LogP contribution in [0.3, 0.4) is 0 Å². The predicted octanol–water partition coefficient (Wildman–Crippen LogP) is 2.17. The van der Waals surface area contributed by atoms with Crippen LogP contribution in [0.1, 0.15) is 36.5 Å². The molecule has 2 nitrogen and oxygen atoms in total. The molecule has 0 radical (unpaired) electrons.